The van der Waals surface area contributed by atoms with Gasteiger partial charge in [0.15, 0.2) is 11.5 Å². The Kier molecular flexibility index (Phi) is 4.08. The Morgan fingerprint density at radius 1 is 1.09 bits per heavy atom. The molecule has 2 aromatic carbocycles. The number of hydrazine groups is 1. The van der Waals surface area contributed by atoms with Gasteiger partial charge < -0.3 is 9.47 Å². The van der Waals surface area contributed by atoms with Gasteiger partial charge in [-0.3, -0.25) is 20.4 Å². The van der Waals surface area contributed by atoms with E-state index in [0.717, 1.165) is 5.56 Å². The molecule has 23 heavy (non-hydrogen) atoms. The van der Waals surface area contributed by atoms with E-state index in [-0.39, 0.29) is 17.4 Å². The highest BCUT2D eigenvalue weighted by atomic mass is 35.5. The molecular formula is C16H13ClN2O4. The molecule has 1 aliphatic rings. The monoisotopic (exact) mass is 332 g/mol. The predicted octanol–water partition coefficient (Wildman–Crippen LogP) is 2.45. The van der Waals surface area contributed by atoms with Gasteiger partial charge in [-0.1, -0.05) is 29.8 Å². The first-order valence-electron chi connectivity index (χ1n) is 6.81. The number of rotatable bonds is 2. The Bertz CT molecular complexity index is 792. The second-order valence-corrected chi connectivity index (χ2v) is 5.32. The van der Waals surface area contributed by atoms with E-state index in [0.29, 0.717) is 17.1 Å². The molecular weight excluding hydrogens is 320 g/mol. The molecule has 3 rings (SSSR count). The molecule has 0 saturated carbocycles. The minimum Gasteiger partial charge on any atom is -0.454 e. The van der Waals surface area contributed by atoms with Gasteiger partial charge in [-0.2, -0.15) is 0 Å². The minimum absolute atomic E-state index is 0.0597. The summed E-state index contributed by atoms with van der Waals surface area (Å²) >= 11 is 6.03. The van der Waals surface area contributed by atoms with E-state index in [1.165, 1.54) is 12.1 Å². The SMILES string of the molecule is Cc1ccccc1C(=O)NNC(=O)c1cc(Cl)c2c(c1)OCO2. The van der Waals surface area contributed by atoms with E-state index in [1.807, 2.05) is 19.1 Å². The summed E-state index contributed by atoms with van der Waals surface area (Å²) in [5.41, 5.74) is 6.27. The molecule has 0 unspecified atom stereocenters. The highest BCUT2D eigenvalue weighted by molar-refractivity contribution is 6.32. The molecule has 2 amide bonds. The van der Waals surface area contributed by atoms with Crippen molar-refractivity contribution in [1.29, 1.82) is 0 Å². The summed E-state index contributed by atoms with van der Waals surface area (Å²) in [5.74, 6) is -0.101. The summed E-state index contributed by atoms with van der Waals surface area (Å²) in [6, 6.07) is 10.0. The fourth-order valence-corrected chi connectivity index (χ4v) is 2.44. The van der Waals surface area contributed by atoms with E-state index in [2.05, 4.69) is 10.9 Å². The molecule has 0 bridgehead atoms. The molecule has 6 nitrogen and oxygen atoms in total. The third-order valence-electron chi connectivity index (χ3n) is 3.37. The van der Waals surface area contributed by atoms with Gasteiger partial charge in [-0.15, -0.1) is 0 Å². The number of amides is 2. The third kappa shape index (κ3) is 3.07. The van der Waals surface area contributed by atoms with Crippen LogP contribution in [0.25, 0.3) is 0 Å². The van der Waals surface area contributed by atoms with Crippen LogP contribution in [0, 0.1) is 6.92 Å². The number of carbonyl (C=O) groups excluding carboxylic acids is 2. The largest absolute Gasteiger partial charge is 0.454 e. The maximum atomic E-state index is 12.1. The van der Waals surface area contributed by atoms with E-state index >= 15 is 0 Å². The van der Waals surface area contributed by atoms with E-state index in [9.17, 15) is 9.59 Å². The lowest BCUT2D eigenvalue weighted by Gasteiger charge is -2.10. The number of ether oxygens (including phenoxy) is 2. The first-order valence-corrected chi connectivity index (χ1v) is 7.19. The van der Waals surface area contributed by atoms with E-state index in [1.54, 1.807) is 12.1 Å². The predicted molar refractivity (Wildman–Crippen MR) is 83.7 cm³/mol. The molecule has 0 saturated heterocycles. The van der Waals surface area contributed by atoms with E-state index < -0.39 is 11.8 Å². The molecule has 7 heteroatoms. The van der Waals surface area contributed by atoms with Gasteiger partial charge in [0, 0.05) is 11.1 Å². The van der Waals surface area contributed by atoms with E-state index in [4.69, 9.17) is 21.1 Å². The summed E-state index contributed by atoms with van der Waals surface area (Å²) < 4.78 is 10.4. The van der Waals surface area contributed by atoms with Gasteiger partial charge in [0.05, 0.1) is 5.02 Å². The van der Waals surface area contributed by atoms with Crippen molar-refractivity contribution < 1.29 is 19.1 Å². The number of aryl methyl sites for hydroxylation is 1. The molecule has 1 heterocycles. The highest BCUT2D eigenvalue weighted by Crippen LogP contribution is 2.39. The number of halogens is 1. The van der Waals surface area contributed by atoms with Crippen molar-refractivity contribution in [3.8, 4) is 11.5 Å². The standard InChI is InChI=1S/C16H13ClN2O4/c1-9-4-2-3-5-11(9)16(21)19-18-15(20)10-6-12(17)14-13(7-10)22-8-23-14/h2-7H,8H2,1H3,(H,18,20)(H,19,21). The number of carbonyl (C=O) groups is 2. The molecule has 0 atom stereocenters. The molecule has 0 fully saturated rings. The fraction of sp³-hybridized carbons (Fsp3) is 0.125. The lowest BCUT2D eigenvalue weighted by Crippen LogP contribution is -2.41. The van der Waals surface area contributed by atoms with Crippen LogP contribution in [0.5, 0.6) is 11.5 Å². The average Bonchev–Trinajstić information content (AvgIpc) is 3.01. The summed E-state index contributed by atoms with van der Waals surface area (Å²) in [7, 11) is 0. The molecule has 2 aromatic rings. The number of fused-ring (bicyclic) bond motifs is 1. The van der Waals surface area contributed by atoms with Crippen LogP contribution in [-0.2, 0) is 0 Å². The zero-order valence-corrected chi connectivity index (χ0v) is 12.9. The number of hydrogen-bond donors (Lipinski definition) is 2. The van der Waals surface area contributed by atoms with Crippen molar-refractivity contribution >= 4 is 23.4 Å². The molecule has 0 aromatic heterocycles. The second kappa shape index (κ2) is 6.18. The van der Waals surface area contributed by atoms with Crippen LogP contribution in [0.15, 0.2) is 36.4 Å². The van der Waals surface area contributed by atoms with Crippen molar-refractivity contribution in [3.63, 3.8) is 0 Å². The fourth-order valence-electron chi connectivity index (χ4n) is 2.18. The third-order valence-corrected chi connectivity index (χ3v) is 3.65. The van der Waals surface area contributed by atoms with Gasteiger partial charge in [0.25, 0.3) is 11.8 Å². The lowest BCUT2D eigenvalue weighted by atomic mass is 10.1. The van der Waals surface area contributed by atoms with Gasteiger partial charge in [-0.05, 0) is 30.7 Å². The van der Waals surface area contributed by atoms with Crippen LogP contribution in [0.3, 0.4) is 0 Å². The van der Waals surface area contributed by atoms with Gasteiger partial charge >= 0.3 is 0 Å². The lowest BCUT2D eigenvalue weighted by molar-refractivity contribution is 0.0846. The zero-order chi connectivity index (χ0) is 16.4. The number of nitrogens with one attached hydrogen (secondary N) is 2. The van der Waals surface area contributed by atoms with Gasteiger partial charge in [0.2, 0.25) is 6.79 Å². The number of hydrogen-bond acceptors (Lipinski definition) is 4. The molecule has 0 aliphatic carbocycles. The second-order valence-electron chi connectivity index (χ2n) is 4.92. The molecule has 118 valence electrons. The average molecular weight is 333 g/mol. The van der Waals surface area contributed by atoms with Gasteiger partial charge in [-0.25, -0.2) is 0 Å². The molecule has 0 spiro atoms. The van der Waals surface area contributed by atoms with Crippen LogP contribution >= 0.6 is 11.6 Å². The van der Waals surface area contributed by atoms with Crippen LogP contribution in [0.2, 0.25) is 5.02 Å². The molecule has 0 radical (unpaired) electrons. The Morgan fingerprint density at radius 2 is 1.83 bits per heavy atom. The van der Waals surface area contributed by atoms with Crippen molar-refractivity contribution in [2.75, 3.05) is 6.79 Å². The normalized spacial score (nSPS) is 11.9. The summed E-state index contributed by atoms with van der Waals surface area (Å²) in [6.07, 6.45) is 0. The quantitative estimate of drug-likeness (QED) is 0.828. The maximum absolute atomic E-state index is 12.1. The molecule has 2 N–H and O–H groups in total. The van der Waals surface area contributed by atoms with Crippen molar-refractivity contribution in [3.05, 3.63) is 58.1 Å². The van der Waals surface area contributed by atoms with Crippen molar-refractivity contribution in [2.45, 2.75) is 6.92 Å². The number of benzene rings is 2. The maximum Gasteiger partial charge on any atom is 0.269 e. The van der Waals surface area contributed by atoms with Crippen LogP contribution < -0.4 is 20.3 Å². The van der Waals surface area contributed by atoms with Gasteiger partial charge in [0.1, 0.15) is 0 Å². The van der Waals surface area contributed by atoms with Crippen LogP contribution in [-0.4, -0.2) is 18.6 Å². The summed E-state index contributed by atoms with van der Waals surface area (Å²) in [6.45, 7) is 1.87. The summed E-state index contributed by atoms with van der Waals surface area (Å²) in [4.78, 5) is 24.2. The Morgan fingerprint density at radius 3 is 2.61 bits per heavy atom. The van der Waals surface area contributed by atoms with Crippen molar-refractivity contribution in [1.82, 2.24) is 10.9 Å². The Labute approximate surface area is 137 Å². The Balaban J connectivity index is 1.70. The zero-order valence-electron chi connectivity index (χ0n) is 12.2. The molecule has 1 aliphatic heterocycles. The summed E-state index contributed by atoms with van der Waals surface area (Å²) in [5, 5.41) is 0.274. The van der Waals surface area contributed by atoms with Crippen LogP contribution in [0.1, 0.15) is 26.3 Å². The highest BCUT2D eigenvalue weighted by Gasteiger charge is 2.21. The first kappa shape index (κ1) is 15.2. The topological polar surface area (TPSA) is 76.7 Å². The smallest absolute Gasteiger partial charge is 0.269 e. The van der Waals surface area contributed by atoms with Crippen molar-refractivity contribution in [2.24, 2.45) is 0 Å². The first-order chi connectivity index (χ1) is 11.1. The Hall–Kier alpha value is -2.73. The minimum atomic E-state index is -0.507. The van der Waals surface area contributed by atoms with Crippen LogP contribution in [0.4, 0.5) is 0 Å².